The maximum Gasteiger partial charge on any atom is 0.0951 e. The van der Waals surface area contributed by atoms with Crippen molar-refractivity contribution in [1.82, 2.24) is 19.4 Å². The molecule has 5 heteroatoms. The maximum atomic E-state index is 9.87. The van der Waals surface area contributed by atoms with Crippen LogP contribution in [0.2, 0.25) is 0 Å². The molecule has 20 heavy (non-hydrogen) atoms. The minimum Gasteiger partial charge on any atom is -0.389 e. The van der Waals surface area contributed by atoms with Gasteiger partial charge in [0, 0.05) is 51.5 Å². The summed E-state index contributed by atoms with van der Waals surface area (Å²) in [7, 11) is 0. The highest BCUT2D eigenvalue weighted by molar-refractivity contribution is 5.00. The average Bonchev–Trinajstić information content (AvgIpc) is 2.78. The first-order valence-electron chi connectivity index (χ1n) is 7.53. The predicted octanol–water partition coefficient (Wildman–Crippen LogP) is 1.35. The van der Waals surface area contributed by atoms with Gasteiger partial charge in [-0.1, -0.05) is 0 Å². The van der Waals surface area contributed by atoms with Crippen LogP contribution in [0.5, 0.6) is 0 Å². The van der Waals surface area contributed by atoms with Crippen LogP contribution in [-0.2, 0) is 6.54 Å². The van der Waals surface area contributed by atoms with Crippen molar-refractivity contribution in [2.45, 2.75) is 45.9 Å². The van der Waals surface area contributed by atoms with Crippen molar-refractivity contribution < 1.29 is 5.11 Å². The number of aliphatic hydroxyl groups is 1. The van der Waals surface area contributed by atoms with E-state index in [1.165, 1.54) is 5.69 Å². The SMILES string of the molecule is CC(C)n1cncc1CN1CCN(CC(C)(C)O)CC1. The van der Waals surface area contributed by atoms with E-state index in [-0.39, 0.29) is 0 Å². The van der Waals surface area contributed by atoms with Gasteiger partial charge in [0.05, 0.1) is 17.6 Å². The van der Waals surface area contributed by atoms with Crippen LogP contribution < -0.4 is 0 Å². The van der Waals surface area contributed by atoms with E-state index in [1.807, 2.05) is 26.4 Å². The Balaban J connectivity index is 1.84. The van der Waals surface area contributed by atoms with Gasteiger partial charge in [0.1, 0.15) is 0 Å². The summed E-state index contributed by atoms with van der Waals surface area (Å²) in [6, 6.07) is 0.462. The van der Waals surface area contributed by atoms with Crippen LogP contribution in [0.15, 0.2) is 12.5 Å². The van der Waals surface area contributed by atoms with Gasteiger partial charge in [0.15, 0.2) is 0 Å². The van der Waals surface area contributed by atoms with E-state index in [9.17, 15) is 5.11 Å². The third kappa shape index (κ3) is 4.30. The predicted molar refractivity (Wildman–Crippen MR) is 80.6 cm³/mol. The number of nitrogens with zero attached hydrogens (tertiary/aromatic N) is 4. The number of hydrogen-bond acceptors (Lipinski definition) is 4. The van der Waals surface area contributed by atoms with Gasteiger partial charge in [-0.05, 0) is 27.7 Å². The summed E-state index contributed by atoms with van der Waals surface area (Å²) in [4.78, 5) is 9.08. The highest BCUT2D eigenvalue weighted by Gasteiger charge is 2.23. The Morgan fingerprint density at radius 2 is 1.80 bits per heavy atom. The Morgan fingerprint density at radius 3 is 2.35 bits per heavy atom. The zero-order valence-corrected chi connectivity index (χ0v) is 13.2. The molecule has 0 spiro atoms. The standard InChI is InChI=1S/C15H28N4O/c1-13(2)19-12-16-9-14(19)10-17-5-7-18(8-6-17)11-15(3,4)20/h9,12-13,20H,5-8,10-11H2,1-4H3. The highest BCUT2D eigenvalue weighted by Crippen LogP contribution is 2.14. The Labute approximate surface area is 122 Å². The molecule has 114 valence electrons. The van der Waals surface area contributed by atoms with Crippen molar-refractivity contribution >= 4 is 0 Å². The van der Waals surface area contributed by atoms with Crippen LogP contribution in [0.25, 0.3) is 0 Å². The Bertz CT molecular complexity index is 414. The molecule has 1 aromatic heterocycles. The summed E-state index contributed by atoms with van der Waals surface area (Å²) in [6.07, 6.45) is 3.90. The van der Waals surface area contributed by atoms with Crippen LogP contribution in [0.3, 0.4) is 0 Å². The van der Waals surface area contributed by atoms with Gasteiger partial charge in [-0.25, -0.2) is 4.98 Å². The van der Waals surface area contributed by atoms with Crippen molar-refractivity contribution in [2.24, 2.45) is 0 Å². The van der Waals surface area contributed by atoms with Gasteiger partial charge in [-0.15, -0.1) is 0 Å². The van der Waals surface area contributed by atoms with Crippen molar-refractivity contribution in [2.75, 3.05) is 32.7 Å². The topological polar surface area (TPSA) is 44.5 Å². The normalized spacial score (nSPS) is 18.9. The third-order valence-electron chi connectivity index (χ3n) is 3.76. The lowest BCUT2D eigenvalue weighted by Gasteiger charge is -2.37. The largest absolute Gasteiger partial charge is 0.389 e. The smallest absolute Gasteiger partial charge is 0.0951 e. The highest BCUT2D eigenvalue weighted by atomic mass is 16.3. The van der Waals surface area contributed by atoms with Crippen LogP contribution in [0.4, 0.5) is 0 Å². The molecule has 0 aromatic carbocycles. The number of rotatable bonds is 5. The molecule has 0 radical (unpaired) electrons. The van der Waals surface area contributed by atoms with Gasteiger partial charge in [-0.2, -0.15) is 0 Å². The van der Waals surface area contributed by atoms with E-state index in [2.05, 4.69) is 33.2 Å². The van der Waals surface area contributed by atoms with Crippen molar-refractivity contribution in [3.05, 3.63) is 18.2 Å². The average molecular weight is 280 g/mol. The second-order valence-corrected chi connectivity index (χ2v) is 6.75. The van der Waals surface area contributed by atoms with Crippen LogP contribution in [-0.4, -0.2) is 62.8 Å². The molecule has 0 saturated carbocycles. The maximum absolute atomic E-state index is 9.87. The monoisotopic (exact) mass is 280 g/mol. The van der Waals surface area contributed by atoms with E-state index in [4.69, 9.17) is 0 Å². The summed E-state index contributed by atoms with van der Waals surface area (Å²) in [5, 5.41) is 9.87. The number of β-amino-alcohol motifs (C(OH)–C–C–N with tert-alkyl or cyclic N) is 1. The quantitative estimate of drug-likeness (QED) is 0.884. The molecule has 2 rings (SSSR count). The fraction of sp³-hybridized carbons (Fsp3) is 0.800. The number of piperazine rings is 1. The molecule has 1 fully saturated rings. The molecule has 0 amide bonds. The molecular formula is C15H28N4O. The molecule has 2 heterocycles. The first-order chi connectivity index (χ1) is 9.35. The molecule has 1 N–H and O–H groups in total. The Kier molecular flexibility index (Phi) is 4.83. The summed E-state index contributed by atoms with van der Waals surface area (Å²) in [6.45, 7) is 14.0. The Hall–Kier alpha value is -0.910. The van der Waals surface area contributed by atoms with Crippen LogP contribution in [0.1, 0.15) is 39.4 Å². The van der Waals surface area contributed by atoms with Gasteiger partial charge in [-0.3, -0.25) is 9.80 Å². The zero-order chi connectivity index (χ0) is 14.8. The molecular weight excluding hydrogens is 252 g/mol. The van der Waals surface area contributed by atoms with E-state index >= 15 is 0 Å². The third-order valence-corrected chi connectivity index (χ3v) is 3.76. The minimum absolute atomic E-state index is 0.462. The van der Waals surface area contributed by atoms with Gasteiger partial charge >= 0.3 is 0 Å². The summed E-state index contributed by atoms with van der Waals surface area (Å²) in [5.41, 5.74) is 0.689. The second-order valence-electron chi connectivity index (χ2n) is 6.75. The summed E-state index contributed by atoms with van der Waals surface area (Å²) >= 11 is 0. The second kappa shape index (κ2) is 6.24. The van der Waals surface area contributed by atoms with E-state index in [1.54, 1.807) is 0 Å². The van der Waals surface area contributed by atoms with Crippen molar-refractivity contribution in [1.29, 1.82) is 0 Å². The molecule has 1 aliphatic heterocycles. The number of imidazole rings is 1. The molecule has 1 aliphatic rings. The van der Waals surface area contributed by atoms with E-state index in [0.717, 1.165) is 39.3 Å². The number of hydrogen-bond donors (Lipinski definition) is 1. The first-order valence-corrected chi connectivity index (χ1v) is 7.53. The number of aromatic nitrogens is 2. The van der Waals surface area contributed by atoms with Crippen molar-refractivity contribution in [3.63, 3.8) is 0 Å². The fourth-order valence-electron chi connectivity index (χ4n) is 2.80. The van der Waals surface area contributed by atoms with Gasteiger partial charge < -0.3 is 9.67 Å². The Morgan fingerprint density at radius 1 is 1.20 bits per heavy atom. The molecule has 1 aromatic rings. The lowest BCUT2D eigenvalue weighted by atomic mass is 10.1. The first kappa shape index (κ1) is 15.5. The summed E-state index contributed by atoms with van der Waals surface area (Å²) in [5.74, 6) is 0. The van der Waals surface area contributed by atoms with Gasteiger partial charge in [0.2, 0.25) is 0 Å². The lowest BCUT2D eigenvalue weighted by Crippen LogP contribution is -2.50. The minimum atomic E-state index is -0.599. The molecule has 0 bridgehead atoms. The van der Waals surface area contributed by atoms with Crippen LogP contribution in [0, 0.1) is 0 Å². The van der Waals surface area contributed by atoms with Crippen LogP contribution >= 0.6 is 0 Å². The zero-order valence-electron chi connectivity index (χ0n) is 13.2. The molecule has 1 saturated heterocycles. The van der Waals surface area contributed by atoms with Gasteiger partial charge in [0.25, 0.3) is 0 Å². The van der Waals surface area contributed by atoms with Crippen molar-refractivity contribution in [3.8, 4) is 0 Å². The molecule has 0 atom stereocenters. The summed E-state index contributed by atoms with van der Waals surface area (Å²) < 4.78 is 2.24. The van der Waals surface area contributed by atoms with E-state index < -0.39 is 5.60 Å². The lowest BCUT2D eigenvalue weighted by molar-refractivity contribution is 0.0163. The molecule has 0 aliphatic carbocycles. The molecule has 0 unspecified atom stereocenters. The molecule has 5 nitrogen and oxygen atoms in total. The van der Waals surface area contributed by atoms with E-state index in [0.29, 0.717) is 6.04 Å². The fourth-order valence-corrected chi connectivity index (χ4v) is 2.80.